The van der Waals surface area contributed by atoms with E-state index < -0.39 is 5.97 Å². The first-order chi connectivity index (χ1) is 8.69. The number of pyridine rings is 1. The maximum Gasteiger partial charge on any atom is 0.306 e. The van der Waals surface area contributed by atoms with Crippen molar-refractivity contribution in [3.8, 4) is 6.07 Å². The van der Waals surface area contributed by atoms with Crippen LogP contribution in [0.5, 0.6) is 0 Å². The van der Waals surface area contributed by atoms with E-state index in [1.807, 2.05) is 12.1 Å². The Bertz CT molecular complexity index is 473. The molecule has 2 rings (SSSR count). The van der Waals surface area contributed by atoms with E-state index in [-0.39, 0.29) is 12.0 Å². The molecule has 18 heavy (non-hydrogen) atoms. The molecule has 1 heterocycles. The van der Waals surface area contributed by atoms with Crippen molar-refractivity contribution in [2.75, 3.05) is 5.32 Å². The molecule has 2 N–H and O–H groups in total. The normalized spacial score (nSPS) is 23.1. The zero-order valence-electron chi connectivity index (χ0n) is 9.97. The zero-order valence-corrected chi connectivity index (χ0v) is 9.97. The fraction of sp³-hybridized carbons (Fsp3) is 0.462. The van der Waals surface area contributed by atoms with E-state index in [0.717, 1.165) is 12.8 Å². The van der Waals surface area contributed by atoms with Crippen molar-refractivity contribution in [2.45, 2.75) is 31.7 Å². The van der Waals surface area contributed by atoms with Gasteiger partial charge in [-0.2, -0.15) is 5.26 Å². The van der Waals surface area contributed by atoms with Gasteiger partial charge in [0.15, 0.2) is 0 Å². The Morgan fingerprint density at radius 3 is 2.72 bits per heavy atom. The number of rotatable bonds is 3. The summed E-state index contributed by atoms with van der Waals surface area (Å²) in [4.78, 5) is 15.0. The van der Waals surface area contributed by atoms with Gasteiger partial charge >= 0.3 is 5.97 Å². The van der Waals surface area contributed by atoms with Crippen molar-refractivity contribution in [2.24, 2.45) is 5.92 Å². The molecule has 0 atom stereocenters. The molecule has 1 aliphatic rings. The second-order valence-corrected chi connectivity index (χ2v) is 4.55. The van der Waals surface area contributed by atoms with Crippen LogP contribution < -0.4 is 5.32 Å². The number of nitrogens with zero attached hydrogens (tertiary/aromatic N) is 2. The summed E-state index contributed by atoms with van der Waals surface area (Å²) in [6.07, 6.45) is 3.06. The van der Waals surface area contributed by atoms with Crippen molar-refractivity contribution in [1.29, 1.82) is 5.26 Å². The monoisotopic (exact) mass is 245 g/mol. The lowest BCUT2D eigenvalue weighted by molar-refractivity contribution is -0.142. The molecule has 0 amide bonds. The second-order valence-electron chi connectivity index (χ2n) is 4.55. The Morgan fingerprint density at radius 1 is 1.39 bits per heavy atom. The first kappa shape index (κ1) is 12.4. The van der Waals surface area contributed by atoms with Crippen LogP contribution in [0.3, 0.4) is 0 Å². The molecule has 1 fully saturated rings. The number of nitrogens with one attached hydrogen (secondary N) is 1. The average molecular weight is 245 g/mol. The molecule has 1 saturated carbocycles. The van der Waals surface area contributed by atoms with E-state index in [0.29, 0.717) is 24.4 Å². The molecule has 0 bridgehead atoms. The third kappa shape index (κ3) is 2.98. The highest BCUT2D eigenvalue weighted by atomic mass is 16.4. The van der Waals surface area contributed by atoms with Crippen LogP contribution in [0.2, 0.25) is 0 Å². The van der Waals surface area contributed by atoms with E-state index in [2.05, 4.69) is 10.3 Å². The van der Waals surface area contributed by atoms with Crippen molar-refractivity contribution in [1.82, 2.24) is 4.98 Å². The van der Waals surface area contributed by atoms with Gasteiger partial charge in [0.25, 0.3) is 0 Å². The lowest BCUT2D eigenvalue weighted by atomic mass is 9.86. The van der Waals surface area contributed by atoms with E-state index in [1.54, 1.807) is 12.1 Å². The van der Waals surface area contributed by atoms with Gasteiger partial charge in [0.1, 0.15) is 17.6 Å². The average Bonchev–Trinajstić information content (AvgIpc) is 2.39. The number of aromatic nitrogens is 1. The van der Waals surface area contributed by atoms with Crippen LogP contribution >= 0.6 is 0 Å². The molecule has 5 nitrogen and oxygen atoms in total. The van der Waals surface area contributed by atoms with Gasteiger partial charge in [-0.05, 0) is 37.8 Å². The Balaban J connectivity index is 1.91. The molecular formula is C13H15N3O2. The fourth-order valence-electron chi connectivity index (χ4n) is 2.27. The molecule has 1 aromatic heterocycles. The Morgan fingerprint density at radius 2 is 2.11 bits per heavy atom. The van der Waals surface area contributed by atoms with Crippen LogP contribution in [0, 0.1) is 17.2 Å². The number of hydrogen-bond donors (Lipinski definition) is 2. The van der Waals surface area contributed by atoms with E-state index in [1.165, 1.54) is 0 Å². The van der Waals surface area contributed by atoms with E-state index in [9.17, 15) is 4.79 Å². The molecule has 0 aromatic carbocycles. The molecule has 1 aromatic rings. The van der Waals surface area contributed by atoms with Gasteiger partial charge in [-0.25, -0.2) is 4.98 Å². The molecule has 0 aliphatic heterocycles. The minimum absolute atomic E-state index is 0.207. The van der Waals surface area contributed by atoms with E-state index in [4.69, 9.17) is 10.4 Å². The molecule has 0 unspecified atom stereocenters. The Kier molecular flexibility index (Phi) is 3.78. The first-order valence-electron chi connectivity index (χ1n) is 6.05. The maximum absolute atomic E-state index is 10.8. The lowest BCUT2D eigenvalue weighted by Gasteiger charge is -2.27. The first-order valence-corrected chi connectivity index (χ1v) is 6.05. The highest BCUT2D eigenvalue weighted by molar-refractivity contribution is 5.70. The Hall–Kier alpha value is -2.09. The van der Waals surface area contributed by atoms with Crippen LogP contribution in [0.15, 0.2) is 18.2 Å². The fourth-order valence-corrected chi connectivity index (χ4v) is 2.27. The van der Waals surface area contributed by atoms with Gasteiger partial charge in [-0.1, -0.05) is 6.07 Å². The third-order valence-corrected chi connectivity index (χ3v) is 3.29. The van der Waals surface area contributed by atoms with Gasteiger partial charge in [0.2, 0.25) is 0 Å². The van der Waals surface area contributed by atoms with Gasteiger partial charge in [-0.3, -0.25) is 4.79 Å². The number of carboxylic acids is 1. The van der Waals surface area contributed by atoms with Gasteiger partial charge in [0, 0.05) is 6.04 Å². The topological polar surface area (TPSA) is 86.0 Å². The van der Waals surface area contributed by atoms with Crippen molar-refractivity contribution in [3.63, 3.8) is 0 Å². The Labute approximate surface area is 105 Å². The number of carboxylic acid groups (broad SMARTS) is 1. The summed E-state index contributed by atoms with van der Waals surface area (Å²) in [7, 11) is 0. The summed E-state index contributed by atoms with van der Waals surface area (Å²) >= 11 is 0. The van der Waals surface area contributed by atoms with Crippen molar-refractivity contribution < 1.29 is 9.90 Å². The molecule has 0 saturated heterocycles. The highest BCUT2D eigenvalue weighted by Gasteiger charge is 2.25. The largest absolute Gasteiger partial charge is 0.481 e. The number of anilines is 1. The SMILES string of the molecule is N#Cc1cccc(NC2CCC(C(=O)O)CC2)n1. The number of aliphatic carboxylic acids is 1. The van der Waals surface area contributed by atoms with Crippen LogP contribution in [0.1, 0.15) is 31.4 Å². The number of hydrogen-bond acceptors (Lipinski definition) is 4. The van der Waals surface area contributed by atoms with Crippen LogP contribution in [-0.4, -0.2) is 22.1 Å². The second kappa shape index (κ2) is 5.50. The summed E-state index contributed by atoms with van der Waals surface area (Å²) in [5, 5.41) is 20.9. The summed E-state index contributed by atoms with van der Waals surface area (Å²) < 4.78 is 0. The lowest BCUT2D eigenvalue weighted by Crippen LogP contribution is -2.29. The minimum atomic E-state index is -0.696. The summed E-state index contributed by atoms with van der Waals surface area (Å²) in [5.41, 5.74) is 0.388. The molecule has 1 aliphatic carbocycles. The minimum Gasteiger partial charge on any atom is -0.481 e. The van der Waals surface area contributed by atoms with Crippen molar-refractivity contribution >= 4 is 11.8 Å². The third-order valence-electron chi connectivity index (χ3n) is 3.29. The van der Waals surface area contributed by atoms with Crippen LogP contribution in [-0.2, 0) is 4.79 Å². The predicted molar refractivity (Wildman–Crippen MR) is 66.0 cm³/mol. The predicted octanol–water partition coefficient (Wildman–Crippen LogP) is 2.01. The van der Waals surface area contributed by atoms with Crippen LogP contribution in [0.25, 0.3) is 0 Å². The molecule has 5 heteroatoms. The summed E-state index contributed by atoms with van der Waals surface area (Å²) in [6, 6.07) is 7.52. The summed E-state index contributed by atoms with van der Waals surface area (Å²) in [5.74, 6) is -0.215. The molecule has 0 spiro atoms. The highest BCUT2D eigenvalue weighted by Crippen LogP contribution is 2.26. The molecule has 0 radical (unpaired) electrons. The zero-order chi connectivity index (χ0) is 13.0. The molecular weight excluding hydrogens is 230 g/mol. The molecule has 94 valence electrons. The quantitative estimate of drug-likeness (QED) is 0.850. The number of nitriles is 1. The van der Waals surface area contributed by atoms with Crippen LogP contribution in [0.4, 0.5) is 5.82 Å². The standard InChI is InChI=1S/C13H15N3O2/c14-8-11-2-1-3-12(16-11)15-10-6-4-9(5-7-10)13(17)18/h1-3,9-10H,4-7H2,(H,15,16)(H,17,18). The van der Waals surface area contributed by atoms with E-state index >= 15 is 0 Å². The van der Waals surface area contributed by atoms with Gasteiger partial charge in [0.05, 0.1) is 5.92 Å². The maximum atomic E-state index is 10.8. The van der Waals surface area contributed by atoms with Gasteiger partial charge in [-0.15, -0.1) is 0 Å². The number of carbonyl (C=O) groups is 1. The van der Waals surface area contributed by atoms with Crippen molar-refractivity contribution in [3.05, 3.63) is 23.9 Å². The smallest absolute Gasteiger partial charge is 0.306 e. The summed E-state index contributed by atoms with van der Waals surface area (Å²) in [6.45, 7) is 0. The van der Waals surface area contributed by atoms with Gasteiger partial charge < -0.3 is 10.4 Å².